The van der Waals surface area contributed by atoms with E-state index in [1.807, 2.05) is 0 Å². The molecule has 0 amide bonds. The Morgan fingerprint density at radius 3 is 1.14 bits per heavy atom. The van der Waals surface area contributed by atoms with Crippen molar-refractivity contribution in [2.24, 2.45) is 0 Å². The summed E-state index contributed by atoms with van der Waals surface area (Å²) >= 11 is -6.17. The first kappa shape index (κ1) is 15.6. The van der Waals surface area contributed by atoms with E-state index in [-0.39, 0.29) is 22.3 Å². The summed E-state index contributed by atoms with van der Waals surface area (Å²) in [5.41, 5.74) is 0. The van der Waals surface area contributed by atoms with E-state index in [2.05, 4.69) is 0 Å². The summed E-state index contributed by atoms with van der Waals surface area (Å²) in [6, 6.07) is 0. The third kappa shape index (κ3) is 320. The molecule has 0 rings (SSSR count). The van der Waals surface area contributed by atoms with Crippen LogP contribution in [0.4, 0.5) is 0 Å². The summed E-state index contributed by atoms with van der Waals surface area (Å²) in [6.45, 7) is 0. The number of rotatable bonds is 0. The van der Waals surface area contributed by atoms with Gasteiger partial charge in [0.2, 0.25) is 0 Å². The Balaban J connectivity index is -0.0000000800. The fraction of sp³-hybridized carbons (Fsp3) is 0. The molecule has 0 aliphatic rings. The van der Waals surface area contributed by atoms with Crippen LogP contribution in [0.2, 0.25) is 0 Å². The second kappa shape index (κ2) is 4.82. The molecule has 0 aromatic heterocycles. The third-order valence-corrected chi connectivity index (χ3v) is 0. The predicted octanol–water partition coefficient (Wildman–Crippen LogP) is -3.45. The van der Waals surface area contributed by atoms with Crippen LogP contribution in [0.5, 0.6) is 0 Å². The fourth-order valence-corrected chi connectivity index (χ4v) is 0. The second-order valence-electron chi connectivity index (χ2n) is 0.408. The molecule has 0 unspecified atom stereocenters. The Labute approximate surface area is 53.6 Å². The van der Waals surface area contributed by atoms with Crippen LogP contribution in [0.3, 0.4) is 0 Å². The van der Waals surface area contributed by atoms with Crippen LogP contribution in [0, 0.1) is 0 Å². The normalized spacial score (nSPS) is 8.29. The number of hydrogen-bond donors (Lipinski definition) is 0. The van der Waals surface area contributed by atoms with Crippen LogP contribution < -0.4 is 7.52 Å². The van der Waals surface area contributed by atoms with Gasteiger partial charge in [-0.15, -0.1) is 0 Å². The zero-order chi connectivity index (χ0) is 4.50. The van der Waals surface area contributed by atoms with Gasteiger partial charge >= 0.3 is 47.8 Å². The molecule has 0 fully saturated rings. The van der Waals surface area contributed by atoms with Crippen LogP contribution in [-0.4, -0.2) is 5.48 Å². The van der Waals surface area contributed by atoms with Crippen molar-refractivity contribution in [3.8, 4) is 0 Å². The summed E-state index contributed by atoms with van der Waals surface area (Å²) in [7, 11) is 0. The molecule has 7 heavy (non-hydrogen) atoms. The van der Waals surface area contributed by atoms with E-state index in [0.717, 1.165) is 0 Å². The second-order valence-corrected chi connectivity index (χ2v) is 3.34. The van der Waals surface area contributed by atoms with Crippen LogP contribution in [0.25, 0.3) is 0 Å². The Bertz CT molecular complexity index is 91.2. The molecule has 0 bridgehead atoms. The quantitative estimate of drug-likeness (QED) is 0.461. The molecule has 7 heteroatoms. The van der Waals surface area contributed by atoms with Crippen molar-refractivity contribution in [1.82, 2.24) is 0 Å². The van der Waals surface area contributed by atoms with Crippen molar-refractivity contribution in [2.75, 3.05) is 0 Å². The first-order valence-electron chi connectivity index (χ1n) is 0.667. The Morgan fingerprint density at radius 2 is 1.14 bits per heavy atom. The van der Waals surface area contributed by atoms with Gasteiger partial charge in [0.05, 0.1) is 0 Å². The van der Waals surface area contributed by atoms with Crippen molar-refractivity contribution in [3.63, 3.8) is 0 Å². The summed E-state index contributed by atoms with van der Waals surface area (Å²) in [5, 5.41) is 0. The zero-order valence-corrected chi connectivity index (χ0v) is 6.85. The maximum absolute atomic E-state index is 8.65. The molecule has 2 N–H and O–H groups in total. The molecule has 1 radical (unpaired) electrons. The molecule has 5 nitrogen and oxygen atoms in total. The molecule has 0 atom stereocenters. The maximum atomic E-state index is 8.65. The Kier molecular flexibility index (Phi) is 10.8. The summed E-state index contributed by atoms with van der Waals surface area (Å²) in [4.78, 5) is 0. The first-order valence-corrected chi connectivity index (χ1v) is 5.46. The molecule has 0 heterocycles. The van der Waals surface area contributed by atoms with Crippen LogP contribution in [0.15, 0.2) is 0 Å². The van der Waals surface area contributed by atoms with Crippen molar-refractivity contribution in [2.45, 2.75) is 0 Å². The molecule has 0 aromatic rings. The average Bonchev–Trinajstić information content (AvgIpc) is 0.722. The van der Waals surface area contributed by atoms with E-state index in [4.69, 9.17) is 14.3 Å². The van der Waals surface area contributed by atoms with E-state index in [1.54, 1.807) is 0 Å². The first-order chi connectivity index (χ1) is 2.00. The van der Waals surface area contributed by atoms with E-state index in [1.165, 1.54) is 0 Å². The SMILES string of the molecule is O.[Co+2].[O]=[W](=[O])([O-])[O-]. The Hall–Kier alpha value is 0.675. The van der Waals surface area contributed by atoms with E-state index < -0.39 is 16.7 Å². The third-order valence-electron chi connectivity index (χ3n) is 0. The number of hydrogen-bond acceptors (Lipinski definition) is 4. The van der Waals surface area contributed by atoms with Crippen molar-refractivity contribution < 1.29 is 53.3 Å². The van der Waals surface area contributed by atoms with Gasteiger partial charge < -0.3 is 5.48 Å². The molecule has 0 spiro atoms. The molecule has 0 saturated heterocycles. The standard InChI is InChI=1S/Co.H2O.4O.W/h;1H2;;;;;/q+2;;;;2*-1;. The van der Waals surface area contributed by atoms with Crippen LogP contribution in [0.1, 0.15) is 0 Å². The summed E-state index contributed by atoms with van der Waals surface area (Å²) in [6.07, 6.45) is 0. The van der Waals surface area contributed by atoms with Gasteiger partial charge in [0, 0.05) is 0 Å². The van der Waals surface area contributed by atoms with Gasteiger partial charge in [-0.3, -0.25) is 0 Å². The van der Waals surface area contributed by atoms with Crippen LogP contribution >= 0.6 is 0 Å². The molecule has 0 saturated carbocycles. The fourth-order valence-electron chi connectivity index (χ4n) is 0. The molecular weight excluding hydrogens is 323 g/mol. The topological polar surface area (TPSA) is 112 Å². The van der Waals surface area contributed by atoms with Gasteiger partial charge in [0.15, 0.2) is 0 Å². The summed E-state index contributed by atoms with van der Waals surface area (Å²) < 4.78 is 34.6. The van der Waals surface area contributed by atoms with Gasteiger partial charge in [0.1, 0.15) is 0 Å². The monoisotopic (exact) mass is 325 g/mol. The minimum absolute atomic E-state index is 0. The van der Waals surface area contributed by atoms with Gasteiger partial charge in [-0.2, -0.15) is 0 Å². The van der Waals surface area contributed by atoms with Crippen molar-refractivity contribution in [3.05, 3.63) is 0 Å². The van der Waals surface area contributed by atoms with E-state index in [0.29, 0.717) is 0 Å². The van der Waals surface area contributed by atoms with Crippen molar-refractivity contribution in [1.29, 1.82) is 0 Å². The molecular formula is H2CoO5W. The van der Waals surface area contributed by atoms with Crippen LogP contribution in [-0.2, 0) is 40.3 Å². The van der Waals surface area contributed by atoms with E-state index in [9.17, 15) is 0 Å². The van der Waals surface area contributed by atoms with E-state index >= 15 is 0 Å². The van der Waals surface area contributed by atoms with Crippen molar-refractivity contribution >= 4 is 0 Å². The summed E-state index contributed by atoms with van der Waals surface area (Å²) in [5.74, 6) is 0. The molecule has 0 aliphatic heterocycles. The molecule has 0 aromatic carbocycles. The minimum atomic E-state index is -6.17. The predicted molar refractivity (Wildman–Crippen MR) is 4.99 cm³/mol. The molecule has 0 aliphatic carbocycles. The Morgan fingerprint density at radius 1 is 1.14 bits per heavy atom. The van der Waals surface area contributed by atoms with Gasteiger partial charge in [-0.1, -0.05) is 0 Å². The van der Waals surface area contributed by atoms with Gasteiger partial charge in [-0.25, -0.2) is 0 Å². The zero-order valence-electron chi connectivity index (χ0n) is 2.87. The van der Waals surface area contributed by atoms with Gasteiger partial charge in [0.25, 0.3) is 0 Å². The van der Waals surface area contributed by atoms with Gasteiger partial charge in [-0.05, 0) is 0 Å². The molecule has 47 valence electrons. The average molecular weight is 325 g/mol.